The summed E-state index contributed by atoms with van der Waals surface area (Å²) >= 11 is 0. The van der Waals surface area contributed by atoms with Crippen LogP contribution >= 0.6 is 0 Å². The number of ether oxygens (including phenoxy) is 1. The van der Waals surface area contributed by atoms with Crippen molar-refractivity contribution >= 4 is 0 Å². The molecular weight excluding hydrogens is 208 g/mol. The zero-order chi connectivity index (χ0) is 11.5. The number of rotatable bonds is 4. The van der Waals surface area contributed by atoms with E-state index in [-0.39, 0.29) is 0 Å². The lowest BCUT2D eigenvalue weighted by Crippen LogP contribution is -2.19. The molecular formula is C9H14N6O. The topological polar surface area (TPSA) is 94.6 Å². The molecule has 0 aliphatic heterocycles. The molecule has 3 N–H and O–H groups in total. The maximum atomic E-state index is 6.08. The highest BCUT2D eigenvalue weighted by Crippen LogP contribution is 2.25. The molecule has 1 atom stereocenters. The highest BCUT2D eigenvalue weighted by Gasteiger charge is 2.21. The number of aryl methyl sites for hydroxylation is 1. The van der Waals surface area contributed by atoms with Crippen molar-refractivity contribution in [1.82, 2.24) is 25.0 Å². The molecule has 7 heteroatoms. The van der Waals surface area contributed by atoms with Crippen molar-refractivity contribution in [3.05, 3.63) is 24.0 Å². The first-order valence-corrected chi connectivity index (χ1v) is 4.98. The first kappa shape index (κ1) is 10.6. The van der Waals surface area contributed by atoms with E-state index in [1.54, 1.807) is 18.0 Å². The molecule has 1 unspecified atom stereocenters. The Kier molecular flexibility index (Phi) is 2.86. The van der Waals surface area contributed by atoms with Crippen LogP contribution < -0.4 is 10.5 Å². The van der Waals surface area contributed by atoms with Gasteiger partial charge in [0.2, 0.25) is 0 Å². The van der Waals surface area contributed by atoms with Crippen molar-refractivity contribution in [1.29, 1.82) is 0 Å². The summed E-state index contributed by atoms with van der Waals surface area (Å²) < 4.78 is 7.01. The van der Waals surface area contributed by atoms with Gasteiger partial charge in [0.05, 0.1) is 13.3 Å². The summed E-state index contributed by atoms with van der Waals surface area (Å²) in [4.78, 5) is 4.03. The van der Waals surface area contributed by atoms with Crippen molar-refractivity contribution < 1.29 is 4.74 Å². The predicted octanol–water partition coefficient (Wildman–Crippen LogP) is 0.0778. The van der Waals surface area contributed by atoms with Crippen LogP contribution in [0, 0.1) is 0 Å². The summed E-state index contributed by atoms with van der Waals surface area (Å²) in [7, 11) is 1.59. The molecule has 2 heterocycles. The summed E-state index contributed by atoms with van der Waals surface area (Å²) in [6.45, 7) is 2.71. The highest BCUT2D eigenvalue weighted by atomic mass is 16.5. The number of methoxy groups -OCH3 is 1. The van der Waals surface area contributed by atoms with Crippen LogP contribution in [0.5, 0.6) is 5.75 Å². The Morgan fingerprint density at radius 1 is 1.62 bits per heavy atom. The molecule has 0 saturated carbocycles. The molecule has 7 nitrogen and oxygen atoms in total. The lowest BCUT2D eigenvalue weighted by Gasteiger charge is -2.12. The summed E-state index contributed by atoms with van der Waals surface area (Å²) in [5.74, 6) is 1.25. The van der Waals surface area contributed by atoms with E-state index in [0.29, 0.717) is 11.6 Å². The largest absolute Gasteiger partial charge is 0.493 e. The molecule has 0 radical (unpaired) electrons. The molecule has 2 rings (SSSR count). The van der Waals surface area contributed by atoms with E-state index in [1.165, 1.54) is 6.33 Å². The summed E-state index contributed by atoms with van der Waals surface area (Å²) in [6, 6.07) is -0.417. The van der Waals surface area contributed by atoms with Crippen molar-refractivity contribution in [2.45, 2.75) is 19.5 Å². The molecule has 2 aromatic heterocycles. The quantitative estimate of drug-likeness (QED) is 0.763. The molecule has 0 spiro atoms. The molecule has 0 aliphatic rings. The fourth-order valence-corrected chi connectivity index (χ4v) is 1.60. The van der Waals surface area contributed by atoms with E-state index in [0.717, 1.165) is 12.2 Å². The third kappa shape index (κ3) is 1.65. The number of hydrogen-bond donors (Lipinski definition) is 2. The Labute approximate surface area is 92.6 Å². The second-order valence-electron chi connectivity index (χ2n) is 3.26. The Morgan fingerprint density at radius 2 is 2.44 bits per heavy atom. The van der Waals surface area contributed by atoms with E-state index in [4.69, 9.17) is 10.5 Å². The second kappa shape index (κ2) is 4.31. The smallest absolute Gasteiger partial charge is 0.162 e. The minimum Gasteiger partial charge on any atom is -0.493 e. The summed E-state index contributed by atoms with van der Waals surface area (Å²) in [5.41, 5.74) is 6.88. The van der Waals surface area contributed by atoms with Gasteiger partial charge < -0.3 is 10.5 Å². The Balaban J connectivity index is 2.41. The molecule has 0 saturated heterocycles. The molecule has 86 valence electrons. The van der Waals surface area contributed by atoms with Gasteiger partial charge in [0.1, 0.15) is 23.9 Å². The monoisotopic (exact) mass is 222 g/mol. The minimum absolute atomic E-state index is 0.417. The lowest BCUT2D eigenvalue weighted by atomic mass is 10.2. The molecule has 2 aromatic rings. The van der Waals surface area contributed by atoms with Crippen LogP contribution in [-0.4, -0.2) is 32.1 Å². The van der Waals surface area contributed by atoms with Crippen LogP contribution in [-0.2, 0) is 6.54 Å². The zero-order valence-corrected chi connectivity index (χ0v) is 9.21. The van der Waals surface area contributed by atoms with E-state index in [1.807, 2.05) is 6.92 Å². The van der Waals surface area contributed by atoms with Crippen LogP contribution in [0.15, 0.2) is 12.5 Å². The van der Waals surface area contributed by atoms with Gasteiger partial charge in [-0.3, -0.25) is 9.78 Å². The fourth-order valence-electron chi connectivity index (χ4n) is 1.60. The normalized spacial score (nSPS) is 12.7. The number of nitrogens with two attached hydrogens (primary N) is 1. The third-order valence-electron chi connectivity index (χ3n) is 2.39. The highest BCUT2D eigenvalue weighted by molar-refractivity contribution is 5.31. The molecule has 16 heavy (non-hydrogen) atoms. The number of hydrogen-bond acceptors (Lipinski definition) is 5. The first-order valence-electron chi connectivity index (χ1n) is 4.98. The van der Waals surface area contributed by atoms with Gasteiger partial charge >= 0.3 is 0 Å². The molecule has 0 amide bonds. The predicted molar refractivity (Wildman–Crippen MR) is 56.9 cm³/mol. The van der Waals surface area contributed by atoms with Crippen molar-refractivity contribution in [2.24, 2.45) is 5.73 Å². The number of aromatic nitrogens is 5. The van der Waals surface area contributed by atoms with E-state index < -0.39 is 6.04 Å². The SMILES string of the molecule is CCn1ncc(OC)c1C(N)c1ncn[nH]1. The van der Waals surface area contributed by atoms with Crippen molar-refractivity contribution in [3.63, 3.8) is 0 Å². The van der Waals surface area contributed by atoms with Gasteiger partial charge in [-0.05, 0) is 6.92 Å². The Hall–Kier alpha value is -1.89. The number of nitrogens with zero attached hydrogens (tertiary/aromatic N) is 4. The van der Waals surface area contributed by atoms with Gasteiger partial charge in [-0.25, -0.2) is 4.98 Å². The lowest BCUT2D eigenvalue weighted by molar-refractivity contribution is 0.404. The van der Waals surface area contributed by atoms with Crippen LogP contribution in [0.25, 0.3) is 0 Å². The van der Waals surface area contributed by atoms with Crippen LogP contribution in [0.4, 0.5) is 0 Å². The Morgan fingerprint density at radius 3 is 3.00 bits per heavy atom. The third-order valence-corrected chi connectivity index (χ3v) is 2.39. The van der Waals surface area contributed by atoms with Gasteiger partial charge in [-0.1, -0.05) is 0 Å². The van der Waals surface area contributed by atoms with E-state index in [2.05, 4.69) is 20.3 Å². The van der Waals surface area contributed by atoms with Crippen LogP contribution in [0.3, 0.4) is 0 Å². The molecule has 0 fully saturated rings. The van der Waals surface area contributed by atoms with Crippen LogP contribution in [0.1, 0.15) is 24.5 Å². The summed E-state index contributed by atoms with van der Waals surface area (Å²) in [6.07, 6.45) is 3.07. The number of H-pyrrole nitrogens is 1. The van der Waals surface area contributed by atoms with Gasteiger partial charge in [0, 0.05) is 6.54 Å². The maximum absolute atomic E-state index is 6.08. The van der Waals surface area contributed by atoms with Gasteiger partial charge in [0.15, 0.2) is 5.75 Å². The molecule has 0 bridgehead atoms. The average molecular weight is 222 g/mol. The summed E-state index contributed by atoms with van der Waals surface area (Å²) in [5, 5.41) is 10.7. The minimum atomic E-state index is -0.417. The van der Waals surface area contributed by atoms with Crippen LogP contribution in [0.2, 0.25) is 0 Å². The molecule has 0 aromatic carbocycles. The second-order valence-corrected chi connectivity index (χ2v) is 3.26. The average Bonchev–Trinajstić information content (AvgIpc) is 2.96. The fraction of sp³-hybridized carbons (Fsp3) is 0.444. The standard InChI is InChI=1S/C9H14N6O/c1-3-15-8(6(16-2)4-13-15)7(10)9-11-5-12-14-9/h4-5,7H,3,10H2,1-2H3,(H,11,12,14). The van der Waals surface area contributed by atoms with Gasteiger partial charge in [-0.2, -0.15) is 10.2 Å². The maximum Gasteiger partial charge on any atom is 0.162 e. The zero-order valence-electron chi connectivity index (χ0n) is 9.21. The van der Waals surface area contributed by atoms with Crippen molar-refractivity contribution in [2.75, 3.05) is 7.11 Å². The first-order chi connectivity index (χ1) is 7.77. The Bertz CT molecular complexity index is 427. The molecule has 0 aliphatic carbocycles. The van der Waals surface area contributed by atoms with Gasteiger partial charge in [0.25, 0.3) is 0 Å². The number of aromatic amines is 1. The van der Waals surface area contributed by atoms with E-state index in [9.17, 15) is 0 Å². The van der Waals surface area contributed by atoms with Gasteiger partial charge in [-0.15, -0.1) is 0 Å². The van der Waals surface area contributed by atoms with E-state index >= 15 is 0 Å². The van der Waals surface area contributed by atoms with Crippen molar-refractivity contribution in [3.8, 4) is 5.75 Å². The number of nitrogens with one attached hydrogen (secondary N) is 1.